The fourth-order valence-electron chi connectivity index (χ4n) is 4.41. The van der Waals surface area contributed by atoms with Gasteiger partial charge in [0.1, 0.15) is 5.60 Å². The lowest BCUT2D eigenvalue weighted by molar-refractivity contribution is -0.227. The van der Waals surface area contributed by atoms with Crippen molar-refractivity contribution in [3.05, 3.63) is 10.6 Å². The highest BCUT2D eigenvalue weighted by atomic mass is 79.9. The Bertz CT molecular complexity index is 801. The number of carbonyl (C=O) groups is 3. The lowest BCUT2D eigenvalue weighted by Gasteiger charge is -2.38. The molecule has 4 unspecified atom stereocenters. The summed E-state index contributed by atoms with van der Waals surface area (Å²) in [7, 11) is 1.23. The van der Waals surface area contributed by atoms with Crippen molar-refractivity contribution in [1.29, 1.82) is 0 Å². The average Bonchev–Trinajstić information content (AvgIpc) is 3.02. The molecule has 2 aliphatic rings. The SMILES string of the molecule is COC(C(=O)N1C(=O)OC(C)(C)C1C(C)C)C1OC(O)(CCCOCCOCCO)C(Br)=CC1=O. The van der Waals surface area contributed by atoms with Gasteiger partial charge in [0, 0.05) is 20.1 Å². The minimum absolute atomic E-state index is 0.0589. The molecule has 0 spiro atoms. The van der Waals surface area contributed by atoms with Crippen LogP contribution in [0.2, 0.25) is 0 Å². The molecule has 0 saturated carbocycles. The normalized spacial score (nSPS) is 27.2. The number of amides is 2. The molecule has 11 nitrogen and oxygen atoms in total. The third-order valence-electron chi connectivity index (χ3n) is 5.84. The summed E-state index contributed by atoms with van der Waals surface area (Å²) >= 11 is 3.19. The van der Waals surface area contributed by atoms with Gasteiger partial charge < -0.3 is 33.9 Å². The van der Waals surface area contributed by atoms with Crippen molar-refractivity contribution in [3.8, 4) is 0 Å². The molecule has 0 radical (unpaired) electrons. The Morgan fingerprint density at radius 3 is 2.40 bits per heavy atom. The zero-order chi connectivity index (χ0) is 26.4. The third-order valence-corrected chi connectivity index (χ3v) is 6.68. The van der Waals surface area contributed by atoms with Gasteiger partial charge in [-0.15, -0.1) is 0 Å². The van der Waals surface area contributed by atoms with Crippen molar-refractivity contribution in [1.82, 2.24) is 4.90 Å². The van der Waals surface area contributed by atoms with Gasteiger partial charge in [-0.25, -0.2) is 9.69 Å². The van der Waals surface area contributed by atoms with Gasteiger partial charge in [0.15, 0.2) is 23.8 Å². The highest BCUT2D eigenvalue weighted by Crippen LogP contribution is 2.38. The number of aliphatic hydroxyl groups excluding tert-OH is 1. The van der Waals surface area contributed by atoms with E-state index in [1.165, 1.54) is 7.11 Å². The molecule has 1 saturated heterocycles. The molecule has 12 heteroatoms. The van der Waals surface area contributed by atoms with Gasteiger partial charge >= 0.3 is 6.09 Å². The van der Waals surface area contributed by atoms with E-state index in [2.05, 4.69) is 15.9 Å². The largest absolute Gasteiger partial charge is 0.441 e. The quantitative estimate of drug-likeness (QED) is 0.315. The molecule has 200 valence electrons. The number of nitrogens with zero attached hydrogens (tertiary/aromatic N) is 1. The molecule has 0 aromatic heterocycles. The summed E-state index contributed by atoms with van der Waals surface area (Å²) in [6.07, 6.45) is -2.19. The van der Waals surface area contributed by atoms with Crippen molar-refractivity contribution in [2.45, 2.75) is 70.2 Å². The number of imide groups is 1. The lowest BCUT2D eigenvalue weighted by atomic mass is 9.88. The Kier molecular flexibility index (Phi) is 10.8. The van der Waals surface area contributed by atoms with E-state index in [1.54, 1.807) is 13.8 Å². The van der Waals surface area contributed by atoms with E-state index >= 15 is 0 Å². The van der Waals surface area contributed by atoms with Gasteiger partial charge in [-0.3, -0.25) is 9.59 Å². The van der Waals surface area contributed by atoms with Crippen LogP contribution in [0.3, 0.4) is 0 Å². The maximum atomic E-state index is 13.4. The average molecular weight is 566 g/mol. The van der Waals surface area contributed by atoms with Crippen LogP contribution in [0.4, 0.5) is 4.79 Å². The summed E-state index contributed by atoms with van der Waals surface area (Å²) in [6.45, 7) is 8.24. The molecule has 4 atom stereocenters. The molecule has 2 aliphatic heterocycles. The van der Waals surface area contributed by atoms with Crippen molar-refractivity contribution in [2.75, 3.05) is 40.1 Å². The molecule has 0 bridgehead atoms. The van der Waals surface area contributed by atoms with Gasteiger partial charge in [-0.2, -0.15) is 0 Å². The summed E-state index contributed by atoms with van der Waals surface area (Å²) in [4.78, 5) is 39.8. The molecule has 2 amide bonds. The van der Waals surface area contributed by atoms with Crippen LogP contribution < -0.4 is 0 Å². The molecule has 0 aromatic rings. The summed E-state index contributed by atoms with van der Waals surface area (Å²) in [5, 5.41) is 19.8. The molecule has 2 N–H and O–H groups in total. The van der Waals surface area contributed by atoms with E-state index in [1.807, 2.05) is 13.8 Å². The van der Waals surface area contributed by atoms with Crippen LogP contribution in [0.15, 0.2) is 10.6 Å². The summed E-state index contributed by atoms with van der Waals surface area (Å²) in [5.74, 6) is -3.39. The van der Waals surface area contributed by atoms with Gasteiger partial charge in [0.25, 0.3) is 5.91 Å². The number of halogens is 1. The predicted molar refractivity (Wildman–Crippen MR) is 127 cm³/mol. The minimum Gasteiger partial charge on any atom is -0.441 e. The molecule has 1 fully saturated rings. The fraction of sp³-hybridized carbons (Fsp3) is 0.783. The van der Waals surface area contributed by atoms with Gasteiger partial charge in [0.2, 0.25) is 0 Å². The van der Waals surface area contributed by atoms with Crippen molar-refractivity contribution in [3.63, 3.8) is 0 Å². The Labute approximate surface area is 213 Å². The van der Waals surface area contributed by atoms with E-state index in [0.29, 0.717) is 19.6 Å². The third kappa shape index (κ3) is 7.09. The monoisotopic (exact) mass is 565 g/mol. The van der Waals surface area contributed by atoms with Gasteiger partial charge in [-0.1, -0.05) is 13.8 Å². The van der Waals surface area contributed by atoms with Crippen LogP contribution in [0, 0.1) is 5.92 Å². The first-order valence-corrected chi connectivity index (χ1v) is 12.4. The van der Waals surface area contributed by atoms with E-state index < -0.39 is 47.4 Å². The predicted octanol–water partition coefficient (Wildman–Crippen LogP) is 1.52. The number of ketones is 1. The van der Waals surface area contributed by atoms with Crippen molar-refractivity contribution < 1.29 is 48.3 Å². The summed E-state index contributed by atoms with van der Waals surface area (Å²) in [5.41, 5.74) is -0.927. The Hall–Kier alpha value is -1.41. The van der Waals surface area contributed by atoms with Gasteiger partial charge in [0.05, 0.1) is 37.0 Å². The van der Waals surface area contributed by atoms with Crippen molar-refractivity contribution >= 4 is 33.7 Å². The Morgan fingerprint density at radius 2 is 1.83 bits per heavy atom. The Morgan fingerprint density at radius 1 is 1.20 bits per heavy atom. The van der Waals surface area contributed by atoms with Crippen molar-refractivity contribution in [2.24, 2.45) is 5.92 Å². The van der Waals surface area contributed by atoms with Crippen LogP contribution in [-0.4, -0.2) is 103 Å². The number of methoxy groups -OCH3 is 1. The standard InChI is InChI=1S/C23H36BrNO10/c1-14(2)19-22(3,4)35-21(29)25(19)20(28)18(31-5)17-15(27)13-16(24)23(30,34-17)7-6-9-32-11-12-33-10-8-26/h13-14,17-19,26,30H,6-12H2,1-5H3. The maximum absolute atomic E-state index is 13.4. The molecule has 2 rings (SSSR count). The van der Waals surface area contributed by atoms with Crippen LogP contribution in [0.1, 0.15) is 40.5 Å². The number of cyclic esters (lactones) is 1. The first-order chi connectivity index (χ1) is 16.4. The number of aliphatic hydroxyl groups is 2. The highest BCUT2D eigenvalue weighted by Gasteiger charge is 2.55. The lowest BCUT2D eigenvalue weighted by Crippen LogP contribution is -2.58. The number of hydrogen-bond donors (Lipinski definition) is 2. The summed E-state index contributed by atoms with van der Waals surface area (Å²) < 4.78 is 27.1. The summed E-state index contributed by atoms with van der Waals surface area (Å²) in [6, 6.07) is -0.585. The molecule has 0 aromatic carbocycles. The number of ether oxygens (including phenoxy) is 5. The number of carbonyl (C=O) groups excluding carboxylic acids is 3. The fourth-order valence-corrected chi connectivity index (χ4v) is 4.93. The van der Waals surface area contributed by atoms with Crippen LogP contribution in [-0.2, 0) is 33.3 Å². The zero-order valence-corrected chi connectivity index (χ0v) is 22.4. The number of hydrogen-bond acceptors (Lipinski definition) is 10. The second kappa shape index (κ2) is 12.7. The van der Waals surface area contributed by atoms with E-state index in [9.17, 15) is 19.5 Å². The van der Waals surface area contributed by atoms with E-state index in [0.717, 1.165) is 11.0 Å². The number of rotatable bonds is 13. The van der Waals surface area contributed by atoms with Crippen LogP contribution in [0.25, 0.3) is 0 Å². The Balaban J connectivity index is 2.10. The molecular weight excluding hydrogens is 530 g/mol. The molecule has 35 heavy (non-hydrogen) atoms. The molecule has 0 aliphatic carbocycles. The maximum Gasteiger partial charge on any atom is 0.417 e. The first-order valence-electron chi connectivity index (χ1n) is 11.6. The second-order valence-electron chi connectivity index (χ2n) is 9.29. The smallest absolute Gasteiger partial charge is 0.417 e. The molecule has 2 heterocycles. The van der Waals surface area contributed by atoms with Gasteiger partial charge in [-0.05, 0) is 48.2 Å². The van der Waals surface area contributed by atoms with Crippen LogP contribution >= 0.6 is 15.9 Å². The van der Waals surface area contributed by atoms with Crippen LogP contribution in [0.5, 0.6) is 0 Å². The minimum atomic E-state index is -1.89. The first kappa shape index (κ1) is 29.8. The van der Waals surface area contributed by atoms with E-state index in [-0.39, 0.29) is 36.6 Å². The zero-order valence-electron chi connectivity index (χ0n) is 20.8. The molecular formula is C23H36BrNO10. The second-order valence-corrected chi connectivity index (χ2v) is 10.1. The topological polar surface area (TPSA) is 141 Å². The highest BCUT2D eigenvalue weighted by molar-refractivity contribution is 9.11. The van der Waals surface area contributed by atoms with E-state index in [4.69, 9.17) is 28.8 Å².